The molecule has 27 heavy (non-hydrogen) atoms. The van der Waals surface area contributed by atoms with Crippen molar-refractivity contribution in [2.24, 2.45) is 5.92 Å². The first-order valence-corrected chi connectivity index (χ1v) is 9.27. The summed E-state index contributed by atoms with van der Waals surface area (Å²) in [5, 5.41) is 5.12. The number of benzene rings is 2. The lowest BCUT2D eigenvalue weighted by Gasteiger charge is -2.32. The summed E-state index contributed by atoms with van der Waals surface area (Å²) in [5.41, 5.74) is 2.44. The first kappa shape index (κ1) is 19.3. The van der Waals surface area contributed by atoms with Crippen molar-refractivity contribution in [3.8, 4) is 0 Å². The molecule has 1 fully saturated rings. The second-order valence-corrected chi connectivity index (χ2v) is 7.17. The van der Waals surface area contributed by atoms with Crippen molar-refractivity contribution in [2.45, 2.75) is 26.3 Å². The van der Waals surface area contributed by atoms with E-state index in [1.165, 1.54) is 11.1 Å². The maximum atomic E-state index is 13.6. The molecule has 1 aliphatic heterocycles. The summed E-state index contributed by atoms with van der Waals surface area (Å²) in [6.45, 7) is 5.55. The molecule has 0 bridgehead atoms. The SMILES string of the molecule is Cc1cccc(CN2CCC(CNC(=O)Nc3cc(F)ccc3F)CC2)c1. The summed E-state index contributed by atoms with van der Waals surface area (Å²) in [6, 6.07) is 11.0. The molecule has 2 amide bonds. The molecule has 1 aliphatic rings. The summed E-state index contributed by atoms with van der Waals surface area (Å²) < 4.78 is 26.7. The van der Waals surface area contributed by atoms with Crippen molar-refractivity contribution >= 4 is 11.7 Å². The number of hydrogen-bond donors (Lipinski definition) is 2. The minimum Gasteiger partial charge on any atom is -0.338 e. The number of halogens is 2. The molecular weight excluding hydrogens is 348 g/mol. The van der Waals surface area contributed by atoms with E-state index < -0.39 is 17.7 Å². The van der Waals surface area contributed by atoms with Crippen LogP contribution in [0.4, 0.5) is 19.3 Å². The van der Waals surface area contributed by atoms with Crippen molar-refractivity contribution in [3.05, 3.63) is 65.2 Å². The molecule has 0 aromatic heterocycles. The van der Waals surface area contributed by atoms with Gasteiger partial charge >= 0.3 is 6.03 Å². The van der Waals surface area contributed by atoms with E-state index in [1.807, 2.05) is 0 Å². The number of anilines is 1. The van der Waals surface area contributed by atoms with Crippen molar-refractivity contribution in [1.29, 1.82) is 0 Å². The number of aryl methyl sites for hydroxylation is 1. The van der Waals surface area contributed by atoms with Crippen LogP contribution in [0.25, 0.3) is 0 Å². The summed E-state index contributed by atoms with van der Waals surface area (Å²) in [6.07, 6.45) is 2.00. The number of hydrogen-bond acceptors (Lipinski definition) is 2. The molecule has 4 nitrogen and oxygen atoms in total. The molecule has 0 atom stereocenters. The standard InChI is InChI=1S/C21H25F2N3O/c1-15-3-2-4-17(11-15)14-26-9-7-16(8-10-26)13-24-21(27)25-20-12-18(22)5-6-19(20)23/h2-6,11-12,16H,7-10,13-14H2,1H3,(H2,24,25,27). The second-order valence-electron chi connectivity index (χ2n) is 7.17. The average Bonchev–Trinajstić information content (AvgIpc) is 2.64. The van der Waals surface area contributed by atoms with Crippen molar-refractivity contribution in [2.75, 3.05) is 25.0 Å². The third kappa shape index (κ3) is 5.76. The monoisotopic (exact) mass is 373 g/mol. The zero-order valence-electron chi connectivity index (χ0n) is 15.5. The molecule has 0 radical (unpaired) electrons. The number of carbonyl (C=O) groups is 1. The number of rotatable bonds is 5. The summed E-state index contributed by atoms with van der Waals surface area (Å²) in [7, 11) is 0. The Hall–Kier alpha value is -2.47. The van der Waals surface area contributed by atoms with Gasteiger partial charge in [-0.15, -0.1) is 0 Å². The molecule has 0 saturated carbocycles. The molecule has 2 aromatic rings. The highest BCUT2D eigenvalue weighted by Crippen LogP contribution is 2.19. The lowest BCUT2D eigenvalue weighted by atomic mass is 9.96. The van der Waals surface area contributed by atoms with Gasteiger partial charge in [0.25, 0.3) is 0 Å². The quantitative estimate of drug-likeness (QED) is 0.820. The van der Waals surface area contributed by atoms with E-state index in [9.17, 15) is 13.6 Å². The smallest absolute Gasteiger partial charge is 0.319 e. The minimum atomic E-state index is -0.656. The topological polar surface area (TPSA) is 44.4 Å². The third-order valence-corrected chi connectivity index (χ3v) is 4.92. The lowest BCUT2D eigenvalue weighted by molar-refractivity contribution is 0.175. The molecule has 2 aromatic carbocycles. The molecule has 0 spiro atoms. The van der Waals surface area contributed by atoms with E-state index in [2.05, 4.69) is 46.7 Å². The Morgan fingerprint density at radius 2 is 1.93 bits per heavy atom. The fourth-order valence-electron chi connectivity index (χ4n) is 3.41. The first-order valence-electron chi connectivity index (χ1n) is 9.27. The van der Waals surface area contributed by atoms with Gasteiger partial charge in [-0.2, -0.15) is 0 Å². The molecule has 0 unspecified atom stereocenters. The number of urea groups is 1. The molecule has 6 heteroatoms. The predicted molar refractivity (Wildman–Crippen MR) is 103 cm³/mol. The Morgan fingerprint density at radius 3 is 2.67 bits per heavy atom. The first-order chi connectivity index (χ1) is 13.0. The minimum absolute atomic E-state index is 0.152. The van der Waals surface area contributed by atoms with E-state index in [-0.39, 0.29) is 5.69 Å². The highest BCUT2D eigenvalue weighted by Gasteiger charge is 2.20. The summed E-state index contributed by atoms with van der Waals surface area (Å²) >= 11 is 0. The predicted octanol–water partition coefficient (Wildman–Crippen LogP) is 4.31. The fourth-order valence-corrected chi connectivity index (χ4v) is 3.41. The normalized spacial score (nSPS) is 15.5. The van der Waals surface area contributed by atoms with Crippen LogP contribution in [-0.2, 0) is 6.54 Å². The van der Waals surface area contributed by atoms with Crippen LogP contribution in [0.1, 0.15) is 24.0 Å². The van der Waals surface area contributed by atoms with Crippen LogP contribution in [0.15, 0.2) is 42.5 Å². The fraction of sp³-hybridized carbons (Fsp3) is 0.381. The molecule has 1 heterocycles. The van der Waals surface area contributed by atoms with Gasteiger partial charge in [0.15, 0.2) is 0 Å². The number of nitrogens with zero attached hydrogens (tertiary/aromatic N) is 1. The molecule has 0 aliphatic carbocycles. The largest absolute Gasteiger partial charge is 0.338 e. The third-order valence-electron chi connectivity index (χ3n) is 4.92. The van der Waals surface area contributed by atoms with Gasteiger partial charge in [-0.05, 0) is 56.5 Å². The molecule has 1 saturated heterocycles. The van der Waals surface area contributed by atoms with Gasteiger partial charge < -0.3 is 10.6 Å². The van der Waals surface area contributed by atoms with E-state index in [0.29, 0.717) is 12.5 Å². The molecule has 2 N–H and O–H groups in total. The Bertz CT molecular complexity index is 789. The maximum Gasteiger partial charge on any atom is 0.319 e. The van der Waals surface area contributed by atoms with Gasteiger partial charge in [0, 0.05) is 19.2 Å². The van der Waals surface area contributed by atoms with Gasteiger partial charge in [0.2, 0.25) is 0 Å². The van der Waals surface area contributed by atoms with Gasteiger partial charge in [-0.1, -0.05) is 29.8 Å². The lowest BCUT2D eigenvalue weighted by Crippen LogP contribution is -2.39. The number of amides is 2. The van der Waals surface area contributed by atoms with Crippen LogP contribution in [0.3, 0.4) is 0 Å². The maximum absolute atomic E-state index is 13.6. The number of piperidine rings is 1. The van der Waals surface area contributed by atoms with E-state index in [0.717, 1.165) is 50.7 Å². The van der Waals surface area contributed by atoms with Crippen molar-refractivity contribution in [1.82, 2.24) is 10.2 Å². The highest BCUT2D eigenvalue weighted by atomic mass is 19.1. The van der Waals surface area contributed by atoms with E-state index in [4.69, 9.17) is 0 Å². The zero-order chi connectivity index (χ0) is 19.2. The molecule has 3 rings (SSSR count). The van der Waals surface area contributed by atoms with Gasteiger partial charge in [-0.25, -0.2) is 13.6 Å². The Morgan fingerprint density at radius 1 is 1.15 bits per heavy atom. The Balaban J connectivity index is 1.40. The molecular formula is C21H25F2N3O. The second kappa shape index (κ2) is 8.95. The highest BCUT2D eigenvalue weighted by molar-refractivity contribution is 5.89. The zero-order valence-corrected chi connectivity index (χ0v) is 15.5. The summed E-state index contributed by atoms with van der Waals surface area (Å²) in [5.74, 6) is -0.856. The van der Waals surface area contributed by atoms with Gasteiger partial charge in [0.1, 0.15) is 11.6 Å². The van der Waals surface area contributed by atoms with Crippen LogP contribution in [-0.4, -0.2) is 30.6 Å². The van der Waals surface area contributed by atoms with Crippen LogP contribution in [0.5, 0.6) is 0 Å². The van der Waals surface area contributed by atoms with Crippen molar-refractivity contribution in [3.63, 3.8) is 0 Å². The van der Waals surface area contributed by atoms with Crippen LogP contribution >= 0.6 is 0 Å². The van der Waals surface area contributed by atoms with Gasteiger partial charge in [0.05, 0.1) is 5.69 Å². The summed E-state index contributed by atoms with van der Waals surface area (Å²) in [4.78, 5) is 14.4. The number of likely N-dealkylation sites (tertiary alicyclic amines) is 1. The Kier molecular flexibility index (Phi) is 6.40. The number of carbonyl (C=O) groups excluding carboxylic acids is 1. The van der Waals surface area contributed by atoms with Crippen LogP contribution in [0, 0.1) is 24.5 Å². The average molecular weight is 373 g/mol. The Labute approximate surface area is 158 Å². The van der Waals surface area contributed by atoms with E-state index in [1.54, 1.807) is 0 Å². The molecule has 144 valence electrons. The number of nitrogens with one attached hydrogen (secondary N) is 2. The van der Waals surface area contributed by atoms with Crippen LogP contribution < -0.4 is 10.6 Å². The van der Waals surface area contributed by atoms with Crippen LogP contribution in [0.2, 0.25) is 0 Å². The van der Waals surface area contributed by atoms with E-state index >= 15 is 0 Å². The van der Waals surface area contributed by atoms with Crippen molar-refractivity contribution < 1.29 is 13.6 Å². The van der Waals surface area contributed by atoms with Gasteiger partial charge in [-0.3, -0.25) is 4.90 Å².